The van der Waals surface area contributed by atoms with Crippen LogP contribution in [0.2, 0.25) is 0 Å². The maximum absolute atomic E-state index is 13.2. The molecule has 3 heterocycles. The van der Waals surface area contributed by atoms with E-state index in [1.165, 1.54) is 29.3 Å². The van der Waals surface area contributed by atoms with Crippen molar-refractivity contribution in [2.75, 3.05) is 32.7 Å². The standard InChI is InChI=1S/C23H32FN3O4S/c24-19-7-9-20(10-8-19)32(30,31)27-15-5-6-21(27)23(29)26-16-11-18(12-17-26)22(28)25-13-3-1-2-4-14-25/h7-10,18,21H,1-6,11-17H2/t21-/m1/s1. The Balaban J connectivity index is 1.38. The Morgan fingerprint density at radius 2 is 1.34 bits per heavy atom. The lowest BCUT2D eigenvalue weighted by Gasteiger charge is -2.36. The summed E-state index contributed by atoms with van der Waals surface area (Å²) in [5.41, 5.74) is 0. The molecule has 32 heavy (non-hydrogen) atoms. The molecule has 1 aromatic rings. The summed E-state index contributed by atoms with van der Waals surface area (Å²) in [5, 5.41) is 0. The van der Waals surface area contributed by atoms with Gasteiger partial charge in [0.05, 0.1) is 4.90 Å². The summed E-state index contributed by atoms with van der Waals surface area (Å²) in [4.78, 5) is 29.8. The van der Waals surface area contributed by atoms with Crippen LogP contribution in [-0.4, -0.2) is 73.1 Å². The monoisotopic (exact) mass is 465 g/mol. The van der Waals surface area contributed by atoms with E-state index < -0.39 is 21.9 Å². The Labute approximate surface area is 189 Å². The minimum absolute atomic E-state index is 0.000329. The van der Waals surface area contributed by atoms with Gasteiger partial charge in [-0.3, -0.25) is 9.59 Å². The van der Waals surface area contributed by atoms with Crippen molar-refractivity contribution in [3.8, 4) is 0 Å². The van der Waals surface area contributed by atoms with Crippen LogP contribution in [0.5, 0.6) is 0 Å². The van der Waals surface area contributed by atoms with E-state index in [4.69, 9.17) is 0 Å². The van der Waals surface area contributed by atoms with Gasteiger partial charge in [-0.05, 0) is 62.8 Å². The molecule has 4 rings (SSSR count). The number of benzene rings is 1. The molecule has 0 aliphatic carbocycles. The fraction of sp³-hybridized carbons (Fsp3) is 0.652. The molecule has 0 aromatic heterocycles. The molecule has 3 aliphatic rings. The van der Waals surface area contributed by atoms with Crippen LogP contribution in [0.3, 0.4) is 0 Å². The second-order valence-electron chi connectivity index (χ2n) is 9.07. The molecule has 3 aliphatic heterocycles. The normalized spacial score (nSPS) is 23.8. The molecule has 3 fully saturated rings. The first-order chi connectivity index (χ1) is 15.4. The van der Waals surface area contributed by atoms with E-state index in [1.807, 2.05) is 4.90 Å². The fourth-order valence-electron chi connectivity index (χ4n) is 5.12. The van der Waals surface area contributed by atoms with Crippen molar-refractivity contribution in [2.45, 2.75) is 62.3 Å². The topological polar surface area (TPSA) is 78.0 Å². The van der Waals surface area contributed by atoms with Crippen molar-refractivity contribution in [3.05, 3.63) is 30.1 Å². The Hall–Kier alpha value is -2.00. The van der Waals surface area contributed by atoms with E-state index in [-0.39, 0.29) is 29.2 Å². The molecule has 9 heteroatoms. The van der Waals surface area contributed by atoms with E-state index >= 15 is 0 Å². The molecule has 2 amide bonds. The first-order valence-corrected chi connectivity index (χ1v) is 13.2. The molecular weight excluding hydrogens is 433 g/mol. The molecule has 0 N–H and O–H groups in total. The average Bonchev–Trinajstić information content (AvgIpc) is 3.15. The number of halogens is 1. The van der Waals surface area contributed by atoms with Crippen LogP contribution in [0.4, 0.5) is 4.39 Å². The van der Waals surface area contributed by atoms with E-state index in [1.54, 1.807) is 4.90 Å². The lowest BCUT2D eigenvalue weighted by molar-refractivity contribution is -0.142. The largest absolute Gasteiger partial charge is 0.342 e. The van der Waals surface area contributed by atoms with Crippen molar-refractivity contribution in [1.29, 1.82) is 0 Å². The molecule has 0 unspecified atom stereocenters. The number of sulfonamides is 1. The number of carbonyl (C=O) groups is 2. The SMILES string of the molecule is O=C(C1CCN(C(=O)[C@H]2CCCN2S(=O)(=O)c2ccc(F)cc2)CC1)N1CCCCCC1. The van der Waals surface area contributed by atoms with Gasteiger partial charge >= 0.3 is 0 Å². The lowest BCUT2D eigenvalue weighted by Crippen LogP contribution is -2.51. The van der Waals surface area contributed by atoms with Crippen LogP contribution >= 0.6 is 0 Å². The molecular formula is C23H32FN3O4S. The van der Waals surface area contributed by atoms with Gasteiger partial charge in [-0.2, -0.15) is 4.31 Å². The number of hydrogen-bond donors (Lipinski definition) is 0. The number of likely N-dealkylation sites (tertiary alicyclic amines) is 2. The zero-order valence-corrected chi connectivity index (χ0v) is 19.2. The average molecular weight is 466 g/mol. The summed E-state index contributed by atoms with van der Waals surface area (Å²) in [7, 11) is -3.87. The molecule has 176 valence electrons. The van der Waals surface area contributed by atoms with Crippen molar-refractivity contribution in [2.24, 2.45) is 5.92 Å². The van der Waals surface area contributed by atoms with Gasteiger partial charge < -0.3 is 9.80 Å². The summed E-state index contributed by atoms with van der Waals surface area (Å²) in [6.45, 7) is 2.89. The molecule has 0 spiro atoms. The van der Waals surface area contributed by atoms with Crippen molar-refractivity contribution in [1.82, 2.24) is 14.1 Å². The van der Waals surface area contributed by atoms with Gasteiger partial charge in [-0.15, -0.1) is 0 Å². The zero-order valence-electron chi connectivity index (χ0n) is 18.4. The summed E-state index contributed by atoms with van der Waals surface area (Å²) in [6, 6.07) is 3.98. The minimum Gasteiger partial charge on any atom is -0.342 e. The third kappa shape index (κ3) is 4.83. The molecule has 0 radical (unpaired) electrons. The quantitative estimate of drug-likeness (QED) is 0.685. The van der Waals surface area contributed by atoms with Crippen LogP contribution in [-0.2, 0) is 19.6 Å². The predicted molar refractivity (Wildman–Crippen MR) is 118 cm³/mol. The molecule has 0 saturated carbocycles. The summed E-state index contributed by atoms with van der Waals surface area (Å²) < 4.78 is 40.6. The van der Waals surface area contributed by atoms with Gasteiger partial charge in [0.25, 0.3) is 0 Å². The number of hydrogen-bond acceptors (Lipinski definition) is 4. The first kappa shape index (κ1) is 23.2. The highest BCUT2D eigenvalue weighted by atomic mass is 32.2. The molecule has 1 atom stereocenters. The third-order valence-corrected chi connectivity index (χ3v) is 8.90. The predicted octanol–water partition coefficient (Wildman–Crippen LogP) is 2.62. The van der Waals surface area contributed by atoms with Crippen LogP contribution in [0.15, 0.2) is 29.2 Å². The van der Waals surface area contributed by atoms with Crippen LogP contribution < -0.4 is 0 Å². The van der Waals surface area contributed by atoms with E-state index in [2.05, 4.69) is 0 Å². The fourth-order valence-corrected chi connectivity index (χ4v) is 6.77. The molecule has 1 aromatic carbocycles. The van der Waals surface area contributed by atoms with Crippen LogP contribution in [0.25, 0.3) is 0 Å². The van der Waals surface area contributed by atoms with Crippen LogP contribution in [0, 0.1) is 11.7 Å². The molecule has 3 saturated heterocycles. The van der Waals surface area contributed by atoms with Gasteiger partial charge in [-0.25, -0.2) is 12.8 Å². The maximum atomic E-state index is 13.2. The van der Waals surface area contributed by atoms with Gasteiger partial charge in [-0.1, -0.05) is 12.8 Å². The lowest BCUT2D eigenvalue weighted by atomic mass is 9.94. The maximum Gasteiger partial charge on any atom is 0.243 e. The molecule has 0 bridgehead atoms. The van der Waals surface area contributed by atoms with Gasteiger partial charge in [0.15, 0.2) is 0 Å². The molecule has 7 nitrogen and oxygen atoms in total. The first-order valence-electron chi connectivity index (χ1n) is 11.7. The summed E-state index contributed by atoms with van der Waals surface area (Å²) in [5.74, 6) is -0.537. The second kappa shape index (κ2) is 9.87. The minimum atomic E-state index is -3.87. The van der Waals surface area contributed by atoms with Gasteiger partial charge in [0.2, 0.25) is 21.8 Å². The number of piperidine rings is 1. The van der Waals surface area contributed by atoms with Crippen molar-refractivity contribution in [3.63, 3.8) is 0 Å². The highest BCUT2D eigenvalue weighted by Crippen LogP contribution is 2.29. The van der Waals surface area contributed by atoms with Crippen molar-refractivity contribution < 1.29 is 22.4 Å². The number of amides is 2. The Kier molecular flexibility index (Phi) is 7.14. The van der Waals surface area contributed by atoms with Crippen molar-refractivity contribution >= 4 is 21.8 Å². The van der Waals surface area contributed by atoms with E-state index in [0.29, 0.717) is 38.8 Å². The van der Waals surface area contributed by atoms with Gasteiger partial charge in [0.1, 0.15) is 11.9 Å². The third-order valence-electron chi connectivity index (χ3n) is 6.98. The zero-order chi connectivity index (χ0) is 22.7. The Bertz CT molecular complexity index is 921. The van der Waals surface area contributed by atoms with Crippen LogP contribution in [0.1, 0.15) is 51.4 Å². The number of rotatable bonds is 4. The number of carbonyl (C=O) groups excluding carboxylic acids is 2. The highest BCUT2D eigenvalue weighted by molar-refractivity contribution is 7.89. The van der Waals surface area contributed by atoms with E-state index in [9.17, 15) is 22.4 Å². The van der Waals surface area contributed by atoms with Gasteiger partial charge in [0, 0.05) is 38.6 Å². The second-order valence-corrected chi connectivity index (χ2v) is 11.0. The van der Waals surface area contributed by atoms with E-state index in [0.717, 1.165) is 38.1 Å². The highest BCUT2D eigenvalue weighted by Gasteiger charge is 2.42. The summed E-state index contributed by atoms with van der Waals surface area (Å²) >= 11 is 0. The Morgan fingerprint density at radius 3 is 1.97 bits per heavy atom. The smallest absolute Gasteiger partial charge is 0.243 e. The summed E-state index contributed by atoms with van der Waals surface area (Å²) in [6.07, 6.45) is 6.81. The Morgan fingerprint density at radius 1 is 0.750 bits per heavy atom. The number of nitrogens with zero attached hydrogens (tertiary/aromatic N) is 3.